The molecule has 1 saturated heterocycles. The van der Waals surface area contributed by atoms with Crippen LogP contribution < -0.4 is 0 Å². The molecule has 22 heavy (non-hydrogen) atoms. The molecule has 1 saturated carbocycles. The van der Waals surface area contributed by atoms with Crippen LogP contribution in [0.3, 0.4) is 0 Å². The van der Waals surface area contributed by atoms with E-state index in [2.05, 4.69) is 17.0 Å². The van der Waals surface area contributed by atoms with Gasteiger partial charge in [-0.25, -0.2) is 0 Å². The van der Waals surface area contributed by atoms with E-state index in [1.54, 1.807) is 0 Å². The zero-order valence-electron chi connectivity index (χ0n) is 12.9. The van der Waals surface area contributed by atoms with Gasteiger partial charge in [-0.3, -0.25) is 9.69 Å². The standard InChI is InChI=1S/C19H22N2O/c22-19(18-7-3-5-16-4-1-2-6-17(16)18)21-12-10-20(11-13-21)14-15-8-9-15/h1-7,15H,8-14H2. The number of carbonyl (C=O) groups is 1. The van der Waals surface area contributed by atoms with Gasteiger partial charge in [-0.1, -0.05) is 36.4 Å². The Balaban J connectivity index is 1.49. The van der Waals surface area contributed by atoms with Crippen molar-refractivity contribution in [1.82, 2.24) is 9.80 Å². The maximum Gasteiger partial charge on any atom is 0.254 e. The van der Waals surface area contributed by atoms with Gasteiger partial charge in [0.05, 0.1) is 0 Å². The molecule has 114 valence electrons. The maximum atomic E-state index is 12.9. The molecule has 0 spiro atoms. The van der Waals surface area contributed by atoms with E-state index in [9.17, 15) is 4.79 Å². The molecule has 0 radical (unpaired) electrons. The minimum absolute atomic E-state index is 0.183. The summed E-state index contributed by atoms with van der Waals surface area (Å²) < 4.78 is 0. The van der Waals surface area contributed by atoms with Gasteiger partial charge in [0.25, 0.3) is 5.91 Å². The van der Waals surface area contributed by atoms with Crippen LogP contribution in [0.5, 0.6) is 0 Å². The number of fused-ring (bicyclic) bond motifs is 1. The number of carbonyl (C=O) groups excluding carboxylic acids is 1. The summed E-state index contributed by atoms with van der Waals surface area (Å²) in [6.45, 7) is 4.99. The molecule has 0 unspecified atom stereocenters. The summed E-state index contributed by atoms with van der Waals surface area (Å²) >= 11 is 0. The molecule has 2 aliphatic rings. The first-order valence-electron chi connectivity index (χ1n) is 8.30. The third kappa shape index (κ3) is 2.73. The van der Waals surface area contributed by atoms with Crippen molar-refractivity contribution in [3.63, 3.8) is 0 Å². The monoisotopic (exact) mass is 294 g/mol. The lowest BCUT2D eigenvalue weighted by molar-refractivity contribution is 0.0634. The van der Waals surface area contributed by atoms with Crippen LogP contribution in [0.1, 0.15) is 23.2 Å². The molecule has 1 aliphatic carbocycles. The van der Waals surface area contributed by atoms with Crippen LogP contribution >= 0.6 is 0 Å². The number of piperazine rings is 1. The fourth-order valence-corrected chi connectivity index (χ4v) is 3.38. The van der Waals surface area contributed by atoms with E-state index in [0.717, 1.165) is 48.4 Å². The average molecular weight is 294 g/mol. The van der Waals surface area contributed by atoms with Crippen LogP contribution in [0.15, 0.2) is 42.5 Å². The van der Waals surface area contributed by atoms with Gasteiger partial charge < -0.3 is 4.90 Å². The fraction of sp³-hybridized carbons (Fsp3) is 0.421. The quantitative estimate of drug-likeness (QED) is 0.869. The Labute approximate surface area is 131 Å². The smallest absolute Gasteiger partial charge is 0.254 e. The summed E-state index contributed by atoms with van der Waals surface area (Å²) in [4.78, 5) is 17.4. The molecule has 3 nitrogen and oxygen atoms in total. The summed E-state index contributed by atoms with van der Waals surface area (Å²) in [5.74, 6) is 1.11. The molecular weight excluding hydrogens is 272 g/mol. The molecule has 0 atom stereocenters. The highest BCUT2D eigenvalue weighted by Gasteiger charge is 2.28. The van der Waals surface area contributed by atoms with Gasteiger partial charge >= 0.3 is 0 Å². The molecule has 1 aliphatic heterocycles. The average Bonchev–Trinajstić information content (AvgIpc) is 3.38. The van der Waals surface area contributed by atoms with E-state index < -0.39 is 0 Å². The van der Waals surface area contributed by atoms with Crippen LogP contribution in [0, 0.1) is 5.92 Å². The molecule has 0 aromatic heterocycles. The lowest BCUT2D eigenvalue weighted by Crippen LogP contribution is -2.49. The van der Waals surface area contributed by atoms with Gasteiger partial charge in [-0.05, 0) is 35.6 Å². The summed E-state index contributed by atoms with van der Waals surface area (Å²) in [6, 6.07) is 14.2. The Morgan fingerprint density at radius 1 is 0.955 bits per heavy atom. The van der Waals surface area contributed by atoms with Crippen molar-refractivity contribution < 1.29 is 4.79 Å². The van der Waals surface area contributed by atoms with Gasteiger partial charge in [0.2, 0.25) is 0 Å². The van der Waals surface area contributed by atoms with Crippen LogP contribution in [-0.2, 0) is 0 Å². The van der Waals surface area contributed by atoms with Crippen LogP contribution in [0.4, 0.5) is 0 Å². The van der Waals surface area contributed by atoms with Crippen molar-refractivity contribution in [1.29, 1.82) is 0 Å². The second kappa shape index (κ2) is 5.73. The van der Waals surface area contributed by atoms with E-state index in [4.69, 9.17) is 0 Å². The van der Waals surface area contributed by atoms with E-state index in [1.807, 2.05) is 35.2 Å². The number of amides is 1. The molecule has 2 aromatic carbocycles. The van der Waals surface area contributed by atoms with Gasteiger partial charge in [0, 0.05) is 38.3 Å². The molecule has 2 fully saturated rings. The van der Waals surface area contributed by atoms with E-state index in [0.29, 0.717) is 0 Å². The predicted molar refractivity (Wildman–Crippen MR) is 89.0 cm³/mol. The third-order valence-electron chi connectivity index (χ3n) is 4.89. The third-order valence-corrected chi connectivity index (χ3v) is 4.89. The SMILES string of the molecule is O=C(c1cccc2ccccc12)N1CCN(CC2CC2)CC1. The van der Waals surface area contributed by atoms with Crippen molar-refractivity contribution in [2.45, 2.75) is 12.8 Å². The van der Waals surface area contributed by atoms with Crippen molar-refractivity contribution in [3.05, 3.63) is 48.0 Å². The first kappa shape index (κ1) is 13.8. The van der Waals surface area contributed by atoms with Crippen molar-refractivity contribution in [2.75, 3.05) is 32.7 Å². The molecule has 0 bridgehead atoms. The van der Waals surface area contributed by atoms with Gasteiger partial charge in [-0.15, -0.1) is 0 Å². The Morgan fingerprint density at radius 2 is 1.68 bits per heavy atom. The number of rotatable bonds is 3. The van der Waals surface area contributed by atoms with E-state index >= 15 is 0 Å². The topological polar surface area (TPSA) is 23.6 Å². The first-order valence-corrected chi connectivity index (χ1v) is 8.30. The van der Waals surface area contributed by atoms with Gasteiger partial charge in [-0.2, -0.15) is 0 Å². The van der Waals surface area contributed by atoms with E-state index in [-0.39, 0.29) is 5.91 Å². The number of benzene rings is 2. The highest BCUT2D eigenvalue weighted by molar-refractivity contribution is 6.07. The Morgan fingerprint density at radius 3 is 2.45 bits per heavy atom. The normalized spacial score (nSPS) is 19.5. The molecule has 1 heterocycles. The lowest BCUT2D eigenvalue weighted by Gasteiger charge is -2.35. The van der Waals surface area contributed by atoms with Crippen LogP contribution in [0.25, 0.3) is 10.8 Å². The maximum absolute atomic E-state index is 12.9. The molecular formula is C19H22N2O. The van der Waals surface area contributed by atoms with Crippen molar-refractivity contribution in [2.24, 2.45) is 5.92 Å². The molecule has 2 aromatic rings. The van der Waals surface area contributed by atoms with Gasteiger partial charge in [0.15, 0.2) is 0 Å². The van der Waals surface area contributed by atoms with Crippen molar-refractivity contribution in [3.8, 4) is 0 Å². The van der Waals surface area contributed by atoms with E-state index in [1.165, 1.54) is 19.4 Å². The zero-order valence-corrected chi connectivity index (χ0v) is 12.9. The largest absolute Gasteiger partial charge is 0.336 e. The summed E-state index contributed by atoms with van der Waals surface area (Å²) in [7, 11) is 0. The number of hydrogen-bond donors (Lipinski definition) is 0. The molecule has 3 heteroatoms. The molecule has 1 amide bonds. The summed E-state index contributed by atoms with van der Waals surface area (Å²) in [5, 5.41) is 2.20. The molecule has 4 rings (SSSR count). The van der Waals surface area contributed by atoms with Crippen LogP contribution in [0.2, 0.25) is 0 Å². The Kier molecular flexibility index (Phi) is 3.59. The first-order chi connectivity index (χ1) is 10.8. The van der Waals surface area contributed by atoms with Crippen molar-refractivity contribution >= 4 is 16.7 Å². The predicted octanol–water partition coefficient (Wildman–Crippen LogP) is 3.01. The lowest BCUT2D eigenvalue weighted by atomic mass is 10.0. The number of nitrogens with zero attached hydrogens (tertiary/aromatic N) is 2. The highest BCUT2D eigenvalue weighted by atomic mass is 16.2. The fourth-order valence-electron chi connectivity index (χ4n) is 3.38. The zero-order chi connectivity index (χ0) is 14.9. The molecule has 0 N–H and O–H groups in total. The summed E-state index contributed by atoms with van der Waals surface area (Å²) in [6.07, 6.45) is 2.80. The minimum atomic E-state index is 0.183. The highest BCUT2D eigenvalue weighted by Crippen LogP contribution is 2.30. The van der Waals surface area contributed by atoms with Gasteiger partial charge in [0.1, 0.15) is 0 Å². The Bertz CT molecular complexity index is 679. The second-order valence-corrected chi connectivity index (χ2v) is 6.56. The summed E-state index contributed by atoms with van der Waals surface area (Å²) in [5.41, 5.74) is 0.841. The minimum Gasteiger partial charge on any atom is -0.336 e. The second-order valence-electron chi connectivity index (χ2n) is 6.56. The van der Waals surface area contributed by atoms with Crippen LogP contribution in [-0.4, -0.2) is 48.4 Å². The Hall–Kier alpha value is -1.87. The number of hydrogen-bond acceptors (Lipinski definition) is 2.